The van der Waals surface area contributed by atoms with Crippen molar-refractivity contribution in [3.05, 3.63) is 35.0 Å². The van der Waals surface area contributed by atoms with Gasteiger partial charge in [0.15, 0.2) is 0 Å². The standard InChI is InChI=1S/C14H15NO4/c1-8-6-11(14(17)18)9(2)10-4-5-15(13(8)10)7-12(16)19-3/h4-6H,7H2,1-3H3,(H,17,18). The molecule has 1 aromatic carbocycles. The van der Waals surface area contributed by atoms with Gasteiger partial charge in [-0.3, -0.25) is 4.79 Å². The van der Waals surface area contributed by atoms with Crippen LogP contribution in [-0.2, 0) is 16.1 Å². The minimum absolute atomic E-state index is 0.118. The van der Waals surface area contributed by atoms with Gasteiger partial charge in [-0.2, -0.15) is 0 Å². The van der Waals surface area contributed by atoms with E-state index in [1.54, 1.807) is 23.8 Å². The number of carboxylic acids is 1. The zero-order valence-corrected chi connectivity index (χ0v) is 11.1. The number of carbonyl (C=O) groups excluding carboxylic acids is 1. The molecule has 5 nitrogen and oxygen atoms in total. The van der Waals surface area contributed by atoms with Crippen molar-refractivity contribution in [2.75, 3.05) is 7.11 Å². The molecule has 0 fully saturated rings. The summed E-state index contributed by atoms with van der Waals surface area (Å²) in [7, 11) is 1.34. The van der Waals surface area contributed by atoms with E-state index >= 15 is 0 Å². The molecule has 0 aliphatic heterocycles. The highest BCUT2D eigenvalue weighted by Crippen LogP contribution is 2.26. The Hall–Kier alpha value is -2.30. The van der Waals surface area contributed by atoms with Crippen LogP contribution >= 0.6 is 0 Å². The van der Waals surface area contributed by atoms with E-state index in [4.69, 9.17) is 5.11 Å². The van der Waals surface area contributed by atoms with Gasteiger partial charge in [0.2, 0.25) is 0 Å². The predicted octanol–water partition coefficient (Wildman–Crippen LogP) is 2.13. The van der Waals surface area contributed by atoms with E-state index in [2.05, 4.69) is 4.74 Å². The van der Waals surface area contributed by atoms with Crippen LogP contribution in [0.3, 0.4) is 0 Å². The minimum atomic E-state index is -0.941. The average molecular weight is 261 g/mol. The highest BCUT2D eigenvalue weighted by molar-refractivity contribution is 5.98. The molecule has 1 heterocycles. The molecule has 100 valence electrons. The van der Waals surface area contributed by atoms with Gasteiger partial charge >= 0.3 is 11.9 Å². The number of hydrogen-bond acceptors (Lipinski definition) is 3. The van der Waals surface area contributed by atoms with Crippen LogP contribution < -0.4 is 0 Å². The predicted molar refractivity (Wildman–Crippen MR) is 70.4 cm³/mol. The molecule has 1 aromatic heterocycles. The Bertz CT molecular complexity index is 670. The first-order valence-electron chi connectivity index (χ1n) is 5.85. The summed E-state index contributed by atoms with van der Waals surface area (Å²) in [6, 6.07) is 3.46. The monoisotopic (exact) mass is 261 g/mol. The number of methoxy groups -OCH3 is 1. The fraction of sp³-hybridized carbons (Fsp3) is 0.286. The van der Waals surface area contributed by atoms with Gasteiger partial charge in [0, 0.05) is 11.6 Å². The maximum atomic E-state index is 11.4. The Morgan fingerprint density at radius 1 is 1.37 bits per heavy atom. The zero-order valence-electron chi connectivity index (χ0n) is 11.1. The first kappa shape index (κ1) is 13.1. The molecule has 0 spiro atoms. The van der Waals surface area contributed by atoms with Crippen molar-refractivity contribution in [2.45, 2.75) is 20.4 Å². The highest BCUT2D eigenvalue weighted by atomic mass is 16.5. The fourth-order valence-electron chi connectivity index (χ4n) is 2.31. The Morgan fingerprint density at radius 2 is 2.05 bits per heavy atom. The third-order valence-electron chi connectivity index (χ3n) is 3.26. The number of ether oxygens (including phenoxy) is 1. The molecular formula is C14H15NO4. The minimum Gasteiger partial charge on any atom is -0.478 e. The summed E-state index contributed by atoms with van der Waals surface area (Å²) in [5, 5.41) is 10.0. The molecule has 1 N–H and O–H groups in total. The molecule has 19 heavy (non-hydrogen) atoms. The summed E-state index contributed by atoms with van der Waals surface area (Å²) in [6.45, 7) is 3.72. The maximum Gasteiger partial charge on any atom is 0.335 e. The van der Waals surface area contributed by atoms with Crippen molar-refractivity contribution in [1.82, 2.24) is 4.57 Å². The number of aryl methyl sites for hydroxylation is 2. The molecule has 0 radical (unpaired) electrons. The van der Waals surface area contributed by atoms with Crippen molar-refractivity contribution in [2.24, 2.45) is 0 Å². The number of hydrogen-bond donors (Lipinski definition) is 1. The molecule has 0 unspecified atom stereocenters. The second-order valence-corrected chi connectivity index (χ2v) is 4.45. The Kier molecular flexibility index (Phi) is 3.29. The first-order chi connectivity index (χ1) is 8.95. The molecule has 5 heteroatoms. The number of carbonyl (C=O) groups is 2. The molecule has 2 rings (SSSR count). The number of nitrogens with zero attached hydrogens (tertiary/aromatic N) is 1. The van der Waals surface area contributed by atoms with E-state index in [1.807, 2.05) is 13.0 Å². The fourth-order valence-corrected chi connectivity index (χ4v) is 2.31. The van der Waals surface area contributed by atoms with E-state index in [1.165, 1.54) is 7.11 Å². The summed E-state index contributed by atoms with van der Waals surface area (Å²) in [5.74, 6) is -1.28. The van der Waals surface area contributed by atoms with E-state index in [0.29, 0.717) is 11.1 Å². The van der Waals surface area contributed by atoms with Crippen molar-refractivity contribution >= 4 is 22.8 Å². The number of fused-ring (bicyclic) bond motifs is 1. The molecule has 2 aromatic rings. The van der Waals surface area contributed by atoms with E-state index < -0.39 is 5.97 Å². The number of aromatic nitrogens is 1. The molecule has 0 saturated heterocycles. The lowest BCUT2D eigenvalue weighted by atomic mass is 10.0. The molecule has 0 amide bonds. The second-order valence-electron chi connectivity index (χ2n) is 4.45. The van der Waals surface area contributed by atoms with Crippen LogP contribution in [0.4, 0.5) is 0 Å². The van der Waals surface area contributed by atoms with Gasteiger partial charge in [0.25, 0.3) is 0 Å². The van der Waals surface area contributed by atoms with Crippen LogP contribution in [0.25, 0.3) is 10.9 Å². The summed E-state index contributed by atoms with van der Waals surface area (Å²) < 4.78 is 6.42. The summed E-state index contributed by atoms with van der Waals surface area (Å²) in [5.41, 5.74) is 2.69. The number of benzene rings is 1. The number of carboxylic acid groups (broad SMARTS) is 1. The SMILES string of the molecule is COC(=O)Cn1ccc2c(C)c(C(=O)O)cc(C)c21. The Morgan fingerprint density at radius 3 is 2.63 bits per heavy atom. The van der Waals surface area contributed by atoms with Crippen LogP contribution in [0.2, 0.25) is 0 Å². The zero-order chi connectivity index (χ0) is 14.2. The van der Waals surface area contributed by atoms with Gasteiger partial charge in [0.05, 0.1) is 18.2 Å². The van der Waals surface area contributed by atoms with Crippen molar-refractivity contribution < 1.29 is 19.4 Å². The first-order valence-corrected chi connectivity index (χ1v) is 5.85. The van der Waals surface area contributed by atoms with E-state index in [0.717, 1.165) is 16.5 Å². The molecular weight excluding hydrogens is 246 g/mol. The van der Waals surface area contributed by atoms with Gasteiger partial charge in [-0.05, 0) is 37.1 Å². The molecule has 0 atom stereocenters. The summed E-state index contributed by atoms with van der Waals surface area (Å²) in [6.07, 6.45) is 1.77. The quantitative estimate of drug-likeness (QED) is 0.859. The lowest BCUT2D eigenvalue weighted by Gasteiger charge is -2.09. The van der Waals surface area contributed by atoms with Crippen LogP contribution in [0.15, 0.2) is 18.3 Å². The summed E-state index contributed by atoms with van der Waals surface area (Å²) in [4.78, 5) is 22.5. The van der Waals surface area contributed by atoms with Crippen LogP contribution in [0, 0.1) is 13.8 Å². The average Bonchev–Trinajstić information content (AvgIpc) is 2.77. The van der Waals surface area contributed by atoms with Gasteiger partial charge in [0.1, 0.15) is 6.54 Å². The van der Waals surface area contributed by atoms with Gasteiger partial charge in [-0.15, -0.1) is 0 Å². The van der Waals surface area contributed by atoms with E-state index in [-0.39, 0.29) is 12.5 Å². The van der Waals surface area contributed by atoms with Gasteiger partial charge in [-0.25, -0.2) is 4.79 Å². The van der Waals surface area contributed by atoms with Crippen molar-refractivity contribution in [1.29, 1.82) is 0 Å². The number of rotatable bonds is 3. The molecule has 0 aliphatic rings. The number of aromatic carboxylic acids is 1. The lowest BCUT2D eigenvalue weighted by Crippen LogP contribution is -2.11. The maximum absolute atomic E-state index is 11.4. The normalized spacial score (nSPS) is 10.7. The van der Waals surface area contributed by atoms with Gasteiger partial charge in [-0.1, -0.05) is 0 Å². The van der Waals surface area contributed by atoms with Crippen LogP contribution in [0.1, 0.15) is 21.5 Å². The van der Waals surface area contributed by atoms with Crippen molar-refractivity contribution in [3.8, 4) is 0 Å². The third kappa shape index (κ3) is 2.19. The van der Waals surface area contributed by atoms with Crippen LogP contribution in [-0.4, -0.2) is 28.7 Å². The molecule has 0 saturated carbocycles. The second kappa shape index (κ2) is 4.76. The summed E-state index contributed by atoms with van der Waals surface area (Å²) >= 11 is 0. The largest absolute Gasteiger partial charge is 0.478 e. The van der Waals surface area contributed by atoms with Gasteiger partial charge < -0.3 is 14.4 Å². The Balaban J connectivity index is 2.64. The van der Waals surface area contributed by atoms with Crippen LogP contribution in [0.5, 0.6) is 0 Å². The topological polar surface area (TPSA) is 68.5 Å². The smallest absolute Gasteiger partial charge is 0.335 e. The third-order valence-corrected chi connectivity index (χ3v) is 3.26. The van der Waals surface area contributed by atoms with E-state index in [9.17, 15) is 9.59 Å². The number of esters is 1. The molecule has 0 aliphatic carbocycles. The van der Waals surface area contributed by atoms with Crippen molar-refractivity contribution in [3.63, 3.8) is 0 Å². The highest BCUT2D eigenvalue weighted by Gasteiger charge is 2.16. The lowest BCUT2D eigenvalue weighted by molar-refractivity contribution is -0.141. The molecule has 0 bridgehead atoms. The Labute approximate surface area is 110 Å².